The molecule has 1 aromatic carbocycles. The van der Waals surface area contributed by atoms with Crippen LogP contribution in [-0.4, -0.2) is 24.8 Å². The number of hydrogen-bond donors (Lipinski definition) is 1. The summed E-state index contributed by atoms with van der Waals surface area (Å²) in [7, 11) is 1.53. The third-order valence-electron chi connectivity index (χ3n) is 2.28. The molecule has 0 aliphatic rings. The Morgan fingerprint density at radius 2 is 2.12 bits per heavy atom. The fraction of sp³-hybridized carbons (Fsp3) is 0.308. The summed E-state index contributed by atoms with van der Waals surface area (Å²) >= 11 is 0. The molecule has 17 heavy (non-hydrogen) atoms. The maximum Gasteiger partial charge on any atom is 0.303 e. The molecule has 0 aliphatic heterocycles. The van der Waals surface area contributed by atoms with Gasteiger partial charge in [-0.05, 0) is 11.6 Å². The molecule has 0 saturated carbocycles. The first kappa shape index (κ1) is 13.3. The van der Waals surface area contributed by atoms with Crippen LogP contribution in [-0.2, 0) is 9.53 Å². The first-order chi connectivity index (χ1) is 8.10. The van der Waals surface area contributed by atoms with Crippen molar-refractivity contribution in [1.82, 2.24) is 0 Å². The standard InChI is InChI=1S/C13H16O4/c1-9(8-14)13(17-10(2)15)11-6-4-5-7-12(11)16-3/h4-7,13-14H,1,8H2,2-3H3. The van der Waals surface area contributed by atoms with Crippen LogP contribution in [0, 0.1) is 0 Å². The van der Waals surface area contributed by atoms with Crippen molar-refractivity contribution < 1.29 is 19.4 Å². The number of aliphatic hydroxyl groups is 1. The van der Waals surface area contributed by atoms with Gasteiger partial charge in [-0.1, -0.05) is 24.8 Å². The maximum absolute atomic E-state index is 11.1. The van der Waals surface area contributed by atoms with Gasteiger partial charge in [0.25, 0.3) is 0 Å². The van der Waals surface area contributed by atoms with Crippen molar-refractivity contribution in [3.63, 3.8) is 0 Å². The molecule has 1 rings (SSSR count). The minimum absolute atomic E-state index is 0.254. The minimum Gasteiger partial charge on any atom is -0.496 e. The van der Waals surface area contributed by atoms with Gasteiger partial charge in [0.05, 0.1) is 13.7 Å². The number of methoxy groups -OCH3 is 1. The Labute approximate surface area is 100 Å². The van der Waals surface area contributed by atoms with E-state index < -0.39 is 12.1 Å². The van der Waals surface area contributed by atoms with Gasteiger partial charge in [0.2, 0.25) is 0 Å². The molecule has 1 atom stereocenters. The molecule has 1 unspecified atom stereocenters. The number of esters is 1. The number of benzene rings is 1. The summed E-state index contributed by atoms with van der Waals surface area (Å²) in [6.45, 7) is 4.75. The van der Waals surface area contributed by atoms with E-state index in [-0.39, 0.29) is 6.61 Å². The molecule has 1 N–H and O–H groups in total. The van der Waals surface area contributed by atoms with E-state index in [1.807, 2.05) is 6.07 Å². The first-order valence-corrected chi connectivity index (χ1v) is 5.18. The van der Waals surface area contributed by atoms with Gasteiger partial charge in [-0.2, -0.15) is 0 Å². The number of carbonyl (C=O) groups excluding carboxylic acids is 1. The van der Waals surface area contributed by atoms with Crippen LogP contribution in [0.5, 0.6) is 5.75 Å². The number of hydrogen-bond acceptors (Lipinski definition) is 4. The molecular weight excluding hydrogens is 220 g/mol. The summed E-state index contributed by atoms with van der Waals surface area (Å²) in [4.78, 5) is 11.1. The molecule has 4 nitrogen and oxygen atoms in total. The molecular formula is C13H16O4. The fourth-order valence-electron chi connectivity index (χ4n) is 1.50. The van der Waals surface area contributed by atoms with E-state index in [1.54, 1.807) is 18.2 Å². The van der Waals surface area contributed by atoms with Gasteiger partial charge >= 0.3 is 5.97 Å². The largest absolute Gasteiger partial charge is 0.496 e. The van der Waals surface area contributed by atoms with Gasteiger partial charge in [0, 0.05) is 12.5 Å². The summed E-state index contributed by atoms with van der Waals surface area (Å²) in [6, 6.07) is 7.15. The van der Waals surface area contributed by atoms with Crippen LogP contribution >= 0.6 is 0 Å². The molecule has 4 heteroatoms. The predicted octanol–water partition coefficient (Wildman–Crippen LogP) is 1.85. The number of rotatable bonds is 5. The Morgan fingerprint density at radius 1 is 1.47 bits per heavy atom. The second kappa shape index (κ2) is 6.06. The first-order valence-electron chi connectivity index (χ1n) is 5.18. The molecule has 92 valence electrons. The summed E-state index contributed by atoms with van der Waals surface area (Å²) in [5.74, 6) is 0.156. The van der Waals surface area contributed by atoms with Crippen LogP contribution in [0.3, 0.4) is 0 Å². The fourth-order valence-corrected chi connectivity index (χ4v) is 1.50. The molecule has 0 bridgehead atoms. The van der Waals surface area contributed by atoms with Gasteiger partial charge in [-0.15, -0.1) is 0 Å². The lowest BCUT2D eigenvalue weighted by Gasteiger charge is -2.20. The van der Waals surface area contributed by atoms with Crippen molar-refractivity contribution in [1.29, 1.82) is 0 Å². The van der Waals surface area contributed by atoms with Crippen molar-refractivity contribution >= 4 is 5.97 Å². The molecule has 0 amide bonds. The quantitative estimate of drug-likeness (QED) is 0.626. The van der Waals surface area contributed by atoms with Gasteiger partial charge in [0.1, 0.15) is 5.75 Å². The summed E-state index contributed by atoms with van der Waals surface area (Å²) in [6.07, 6.45) is -0.686. The molecule has 0 aromatic heterocycles. The van der Waals surface area contributed by atoms with Crippen molar-refractivity contribution in [2.45, 2.75) is 13.0 Å². The van der Waals surface area contributed by atoms with E-state index in [9.17, 15) is 4.79 Å². The van der Waals surface area contributed by atoms with Gasteiger partial charge in [-0.3, -0.25) is 4.79 Å². The van der Waals surface area contributed by atoms with Crippen LogP contribution in [0.25, 0.3) is 0 Å². The molecule has 0 saturated heterocycles. The Morgan fingerprint density at radius 3 is 2.65 bits per heavy atom. The highest BCUT2D eigenvalue weighted by atomic mass is 16.5. The van der Waals surface area contributed by atoms with E-state index >= 15 is 0 Å². The monoisotopic (exact) mass is 236 g/mol. The topological polar surface area (TPSA) is 55.8 Å². The molecule has 0 radical (unpaired) electrons. The Hall–Kier alpha value is -1.81. The third kappa shape index (κ3) is 3.32. The number of aliphatic hydroxyl groups excluding tert-OH is 1. The SMILES string of the molecule is C=C(CO)C(OC(C)=O)c1ccccc1OC. The van der Waals surface area contributed by atoms with Gasteiger partial charge < -0.3 is 14.6 Å². The van der Waals surface area contributed by atoms with E-state index in [4.69, 9.17) is 14.6 Å². The van der Waals surface area contributed by atoms with Crippen molar-refractivity contribution in [3.05, 3.63) is 42.0 Å². The van der Waals surface area contributed by atoms with Crippen molar-refractivity contribution in [2.24, 2.45) is 0 Å². The van der Waals surface area contributed by atoms with Crippen LogP contribution < -0.4 is 4.74 Å². The van der Waals surface area contributed by atoms with Gasteiger partial charge in [0.15, 0.2) is 6.10 Å². The maximum atomic E-state index is 11.1. The molecule has 0 spiro atoms. The van der Waals surface area contributed by atoms with E-state index in [0.29, 0.717) is 16.9 Å². The third-order valence-corrected chi connectivity index (χ3v) is 2.28. The van der Waals surface area contributed by atoms with Crippen molar-refractivity contribution in [2.75, 3.05) is 13.7 Å². The summed E-state index contributed by atoms with van der Waals surface area (Å²) in [5.41, 5.74) is 1.08. The average molecular weight is 236 g/mol. The zero-order valence-corrected chi connectivity index (χ0v) is 9.97. The zero-order chi connectivity index (χ0) is 12.8. The van der Waals surface area contributed by atoms with E-state index in [2.05, 4.69) is 6.58 Å². The molecule has 1 aromatic rings. The lowest BCUT2D eigenvalue weighted by molar-refractivity contribution is -0.145. The minimum atomic E-state index is -0.686. The van der Waals surface area contributed by atoms with Crippen LogP contribution in [0.1, 0.15) is 18.6 Å². The zero-order valence-electron chi connectivity index (χ0n) is 9.97. The number of ether oxygens (including phenoxy) is 2. The van der Waals surface area contributed by atoms with Crippen LogP contribution in [0.15, 0.2) is 36.4 Å². The highest BCUT2D eigenvalue weighted by Gasteiger charge is 2.21. The highest BCUT2D eigenvalue weighted by molar-refractivity contribution is 5.67. The number of carbonyl (C=O) groups is 1. The van der Waals surface area contributed by atoms with Crippen molar-refractivity contribution in [3.8, 4) is 5.75 Å². The predicted molar refractivity (Wildman–Crippen MR) is 63.7 cm³/mol. The molecule has 0 fully saturated rings. The Balaban J connectivity index is 3.11. The number of para-hydroxylation sites is 1. The second-order valence-corrected chi connectivity index (χ2v) is 3.55. The lowest BCUT2D eigenvalue weighted by atomic mass is 10.0. The summed E-state index contributed by atoms with van der Waals surface area (Å²) in [5, 5.41) is 9.11. The smallest absolute Gasteiger partial charge is 0.303 e. The van der Waals surface area contributed by atoms with Crippen LogP contribution in [0.2, 0.25) is 0 Å². The van der Waals surface area contributed by atoms with E-state index in [1.165, 1.54) is 14.0 Å². The molecule has 0 heterocycles. The Kier molecular flexibility index (Phi) is 4.72. The highest BCUT2D eigenvalue weighted by Crippen LogP contribution is 2.31. The second-order valence-electron chi connectivity index (χ2n) is 3.55. The van der Waals surface area contributed by atoms with E-state index in [0.717, 1.165) is 0 Å². The summed E-state index contributed by atoms with van der Waals surface area (Å²) < 4.78 is 10.3. The Bertz CT molecular complexity index is 412. The van der Waals surface area contributed by atoms with Gasteiger partial charge in [-0.25, -0.2) is 0 Å². The average Bonchev–Trinajstić information content (AvgIpc) is 2.34. The lowest BCUT2D eigenvalue weighted by Crippen LogP contribution is -2.13. The normalized spacial score (nSPS) is 11.7. The van der Waals surface area contributed by atoms with Crippen LogP contribution in [0.4, 0.5) is 0 Å². The molecule has 0 aliphatic carbocycles.